The molecule has 0 saturated heterocycles. The third-order valence-electron chi connectivity index (χ3n) is 3.74. The van der Waals surface area contributed by atoms with Gasteiger partial charge in [0.05, 0.1) is 0 Å². The largest absolute Gasteiger partial charge is 0.452 e. The Balaban J connectivity index is 1.47. The number of aryl methyl sites for hydroxylation is 1. The van der Waals surface area contributed by atoms with Crippen LogP contribution in [-0.4, -0.2) is 40.5 Å². The number of halogens is 1. The van der Waals surface area contributed by atoms with Gasteiger partial charge in [-0.05, 0) is 37.3 Å². The minimum absolute atomic E-state index is 0.0682. The Kier molecular flexibility index (Phi) is 4.65. The molecule has 29 heavy (non-hydrogen) atoms. The summed E-state index contributed by atoms with van der Waals surface area (Å²) in [7, 11) is 0. The van der Waals surface area contributed by atoms with E-state index in [1.54, 1.807) is 12.3 Å². The monoisotopic (exact) mass is 395 g/mol. The van der Waals surface area contributed by atoms with Crippen molar-refractivity contribution in [1.82, 2.24) is 34.5 Å². The molecule has 3 heterocycles. The molecule has 0 aliphatic rings. The van der Waals surface area contributed by atoms with Gasteiger partial charge in [0.1, 0.15) is 5.82 Å². The summed E-state index contributed by atoms with van der Waals surface area (Å²) in [4.78, 5) is 32.3. The number of rotatable bonds is 5. The number of carbonyl (C=O) groups is 1. The molecule has 3 aromatic heterocycles. The molecule has 4 rings (SSSR count). The lowest BCUT2D eigenvalue weighted by Gasteiger charge is -2.07. The van der Waals surface area contributed by atoms with Crippen LogP contribution >= 0.6 is 0 Å². The third kappa shape index (κ3) is 4.05. The Morgan fingerprint density at radius 2 is 1.97 bits per heavy atom. The minimum atomic E-state index is -0.762. The standard InChI is InChI=1S/C17H14FN9O2/c1-9-6-7-20-17-24-13(26-27(9)17)14(28)29-8-12-22-15(19)25-16(23-12)21-11-4-2-10(18)3-5-11/h2-7H,8H2,1H3,(H3,19,21,22,23,25). The second kappa shape index (κ2) is 7.42. The number of nitrogens with zero attached hydrogens (tertiary/aromatic N) is 7. The van der Waals surface area contributed by atoms with Gasteiger partial charge in [-0.3, -0.25) is 0 Å². The summed E-state index contributed by atoms with van der Waals surface area (Å²) in [5.74, 6) is -0.812. The molecule has 0 fully saturated rings. The Labute approximate surface area is 162 Å². The molecule has 0 spiro atoms. The van der Waals surface area contributed by atoms with E-state index >= 15 is 0 Å². The van der Waals surface area contributed by atoms with Crippen molar-refractivity contribution in [3.05, 3.63) is 59.7 Å². The van der Waals surface area contributed by atoms with Crippen molar-refractivity contribution in [2.75, 3.05) is 11.1 Å². The molecule has 0 amide bonds. The number of ether oxygens (including phenoxy) is 1. The maximum absolute atomic E-state index is 13.0. The molecule has 0 unspecified atom stereocenters. The lowest BCUT2D eigenvalue weighted by Crippen LogP contribution is -2.12. The second-order valence-electron chi connectivity index (χ2n) is 5.87. The number of nitrogens with one attached hydrogen (secondary N) is 1. The van der Waals surface area contributed by atoms with Crippen molar-refractivity contribution in [3.63, 3.8) is 0 Å². The number of aromatic nitrogens is 7. The van der Waals surface area contributed by atoms with Crippen molar-refractivity contribution in [2.45, 2.75) is 13.5 Å². The maximum atomic E-state index is 13.0. The van der Waals surface area contributed by atoms with E-state index in [1.807, 2.05) is 6.92 Å². The van der Waals surface area contributed by atoms with Crippen LogP contribution in [-0.2, 0) is 11.3 Å². The Morgan fingerprint density at radius 3 is 2.72 bits per heavy atom. The molecule has 1 aromatic carbocycles. The van der Waals surface area contributed by atoms with Gasteiger partial charge >= 0.3 is 5.97 Å². The Bertz CT molecular complexity index is 1190. The fraction of sp³-hybridized carbons (Fsp3) is 0.118. The summed E-state index contributed by atoms with van der Waals surface area (Å²) in [6.45, 7) is 1.54. The Hall–Kier alpha value is -4.22. The molecule has 0 aliphatic heterocycles. The van der Waals surface area contributed by atoms with E-state index in [-0.39, 0.29) is 41.7 Å². The number of fused-ring (bicyclic) bond motifs is 1. The molecule has 4 aromatic rings. The average molecular weight is 395 g/mol. The molecule has 0 radical (unpaired) electrons. The van der Waals surface area contributed by atoms with E-state index in [9.17, 15) is 9.18 Å². The third-order valence-corrected chi connectivity index (χ3v) is 3.74. The molecule has 146 valence electrons. The Morgan fingerprint density at radius 1 is 1.17 bits per heavy atom. The van der Waals surface area contributed by atoms with Crippen molar-refractivity contribution in [3.8, 4) is 0 Å². The fourth-order valence-electron chi connectivity index (χ4n) is 2.41. The van der Waals surface area contributed by atoms with Gasteiger partial charge in [0.25, 0.3) is 11.6 Å². The summed E-state index contributed by atoms with van der Waals surface area (Å²) in [5.41, 5.74) is 7.00. The van der Waals surface area contributed by atoms with Crippen molar-refractivity contribution >= 4 is 29.3 Å². The van der Waals surface area contributed by atoms with Crippen molar-refractivity contribution < 1.29 is 13.9 Å². The van der Waals surface area contributed by atoms with Crippen LogP contribution in [0.5, 0.6) is 0 Å². The summed E-state index contributed by atoms with van der Waals surface area (Å²) in [5, 5.41) is 6.94. The summed E-state index contributed by atoms with van der Waals surface area (Å²) >= 11 is 0. The van der Waals surface area contributed by atoms with Crippen LogP contribution in [0.25, 0.3) is 5.78 Å². The molecule has 0 bridgehead atoms. The maximum Gasteiger partial charge on any atom is 0.378 e. The van der Waals surface area contributed by atoms with Crippen LogP contribution in [0.1, 0.15) is 22.1 Å². The van der Waals surface area contributed by atoms with Gasteiger partial charge < -0.3 is 15.8 Å². The lowest BCUT2D eigenvalue weighted by molar-refractivity contribution is 0.0448. The van der Waals surface area contributed by atoms with E-state index in [0.717, 1.165) is 5.69 Å². The average Bonchev–Trinajstić information content (AvgIpc) is 3.13. The van der Waals surface area contributed by atoms with Crippen LogP contribution in [0, 0.1) is 12.7 Å². The van der Waals surface area contributed by atoms with E-state index in [0.29, 0.717) is 5.69 Å². The first-order chi connectivity index (χ1) is 14.0. The van der Waals surface area contributed by atoms with Crippen LogP contribution < -0.4 is 11.1 Å². The molecular formula is C17H14FN9O2. The number of hydrogen-bond donors (Lipinski definition) is 2. The lowest BCUT2D eigenvalue weighted by atomic mass is 10.3. The first kappa shape index (κ1) is 18.2. The zero-order valence-corrected chi connectivity index (χ0v) is 15.1. The molecular weight excluding hydrogens is 381 g/mol. The molecule has 0 aliphatic carbocycles. The number of anilines is 3. The highest BCUT2D eigenvalue weighted by atomic mass is 19.1. The summed E-state index contributed by atoms with van der Waals surface area (Å²) in [6, 6.07) is 7.34. The first-order valence-corrected chi connectivity index (χ1v) is 8.36. The predicted molar refractivity (Wildman–Crippen MR) is 98.6 cm³/mol. The molecule has 0 atom stereocenters. The summed E-state index contributed by atoms with van der Waals surface area (Å²) in [6.07, 6.45) is 1.57. The van der Waals surface area contributed by atoms with E-state index in [4.69, 9.17) is 10.5 Å². The van der Waals surface area contributed by atoms with Crippen LogP contribution in [0.2, 0.25) is 0 Å². The number of esters is 1. The number of nitrogens with two attached hydrogens (primary N) is 1. The minimum Gasteiger partial charge on any atom is -0.452 e. The van der Waals surface area contributed by atoms with E-state index in [2.05, 4.69) is 35.3 Å². The zero-order chi connectivity index (χ0) is 20.4. The quantitative estimate of drug-likeness (QED) is 0.476. The van der Waals surface area contributed by atoms with Gasteiger partial charge in [-0.25, -0.2) is 18.7 Å². The number of nitrogen functional groups attached to an aromatic ring is 1. The van der Waals surface area contributed by atoms with Gasteiger partial charge in [0.15, 0.2) is 12.4 Å². The number of benzene rings is 1. The topological polar surface area (TPSA) is 146 Å². The van der Waals surface area contributed by atoms with E-state index in [1.165, 1.54) is 28.8 Å². The van der Waals surface area contributed by atoms with E-state index < -0.39 is 5.97 Å². The second-order valence-corrected chi connectivity index (χ2v) is 5.87. The molecule has 11 nitrogen and oxygen atoms in total. The van der Waals surface area contributed by atoms with Gasteiger partial charge in [0.2, 0.25) is 11.9 Å². The SMILES string of the molecule is Cc1ccnc2nc(C(=O)OCc3nc(N)nc(Nc4ccc(F)cc4)n3)nn12. The number of carbonyl (C=O) groups excluding carboxylic acids is 1. The molecule has 0 saturated carbocycles. The fourth-order valence-corrected chi connectivity index (χ4v) is 2.41. The first-order valence-electron chi connectivity index (χ1n) is 8.36. The summed E-state index contributed by atoms with van der Waals surface area (Å²) < 4.78 is 19.6. The van der Waals surface area contributed by atoms with Crippen LogP contribution in [0.3, 0.4) is 0 Å². The van der Waals surface area contributed by atoms with Crippen LogP contribution in [0.15, 0.2) is 36.5 Å². The highest BCUT2D eigenvalue weighted by Gasteiger charge is 2.17. The zero-order valence-electron chi connectivity index (χ0n) is 15.1. The van der Waals surface area contributed by atoms with Gasteiger partial charge in [-0.15, -0.1) is 5.10 Å². The van der Waals surface area contributed by atoms with Crippen LogP contribution in [0.4, 0.5) is 22.0 Å². The number of hydrogen-bond acceptors (Lipinski definition) is 10. The predicted octanol–water partition coefficient (Wildman–Crippen LogP) is 1.44. The van der Waals surface area contributed by atoms with Gasteiger partial charge in [-0.2, -0.15) is 19.9 Å². The highest BCUT2D eigenvalue weighted by molar-refractivity contribution is 5.85. The molecule has 3 N–H and O–H groups in total. The normalized spacial score (nSPS) is 10.8. The highest BCUT2D eigenvalue weighted by Crippen LogP contribution is 2.14. The van der Waals surface area contributed by atoms with Crippen molar-refractivity contribution in [1.29, 1.82) is 0 Å². The molecule has 12 heteroatoms. The van der Waals surface area contributed by atoms with Crippen molar-refractivity contribution in [2.24, 2.45) is 0 Å². The van der Waals surface area contributed by atoms with Gasteiger partial charge in [0, 0.05) is 17.6 Å². The smallest absolute Gasteiger partial charge is 0.378 e. The van der Waals surface area contributed by atoms with Gasteiger partial charge in [-0.1, -0.05) is 0 Å².